The van der Waals surface area contributed by atoms with E-state index in [9.17, 15) is 4.39 Å². The second-order valence-corrected chi connectivity index (χ2v) is 3.66. The van der Waals surface area contributed by atoms with Crippen LogP contribution in [0.3, 0.4) is 0 Å². The van der Waals surface area contributed by atoms with Crippen LogP contribution in [0.4, 0.5) is 4.39 Å². The molecule has 0 aliphatic heterocycles. The van der Waals surface area contributed by atoms with Crippen LogP contribution in [0.5, 0.6) is 0 Å². The van der Waals surface area contributed by atoms with Gasteiger partial charge in [0.25, 0.3) is 0 Å². The summed E-state index contributed by atoms with van der Waals surface area (Å²) in [4.78, 5) is 0. The predicted octanol–water partition coefficient (Wildman–Crippen LogP) is 2.79. The lowest BCUT2D eigenvalue weighted by Gasteiger charge is -2.10. The van der Waals surface area contributed by atoms with Crippen LogP contribution < -0.4 is 0 Å². The third kappa shape index (κ3) is 3.51. The molecule has 1 rings (SSSR count). The van der Waals surface area contributed by atoms with Crippen LogP contribution in [0.15, 0.2) is 0 Å². The van der Waals surface area contributed by atoms with Gasteiger partial charge < -0.3 is 0 Å². The molecule has 70 valence electrons. The standard InChI is InChI=1S/C12H15F/c1-10(2)8-9-11-6-4-3-5-7-12(11)13/h10-12H,4,6-7H2,1-2H3/t11-,12?/m1/s1. The fourth-order valence-corrected chi connectivity index (χ4v) is 1.25. The topological polar surface area (TPSA) is 0 Å². The lowest BCUT2D eigenvalue weighted by molar-refractivity contribution is 0.269. The predicted molar refractivity (Wildman–Crippen MR) is 52.6 cm³/mol. The minimum absolute atomic E-state index is 0.107. The third-order valence-corrected chi connectivity index (χ3v) is 2.00. The first-order valence-electron chi connectivity index (χ1n) is 4.81. The summed E-state index contributed by atoms with van der Waals surface area (Å²) in [5, 5.41) is 0. The molecule has 0 aromatic rings. The molecule has 2 atom stereocenters. The second-order valence-electron chi connectivity index (χ2n) is 3.66. The summed E-state index contributed by atoms with van der Waals surface area (Å²) in [6, 6.07) is 0. The second kappa shape index (κ2) is 4.93. The summed E-state index contributed by atoms with van der Waals surface area (Å²) < 4.78 is 13.4. The smallest absolute Gasteiger partial charge is 0.125 e. The summed E-state index contributed by atoms with van der Waals surface area (Å²) in [6.45, 7) is 4.04. The molecule has 1 unspecified atom stereocenters. The molecule has 0 aromatic heterocycles. The molecule has 0 N–H and O–H groups in total. The first kappa shape index (κ1) is 10.1. The molecule has 0 aromatic carbocycles. The summed E-state index contributed by atoms with van der Waals surface area (Å²) in [5.74, 6) is 12.0. The summed E-state index contributed by atoms with van der Waals surface area (Å²) in [7, 11) is 0. The minimum Gasteiger partial charge on any atom is -0.245 e. The Hall–Kier alpha value is -0.950. The van der Waals surface area contributed by atoms with Crippen molar-refractivity contribution in [1.82, 2.24) is 0 Å². The Morgan fingerprint density at radius 2 is 2.15 bits per heavy atom. The van der Waals surface area contributed by atoms with Gasteiger partial charge in [-0.1, -0.05) is 19.8 Å². The minimum atomic E-state index is -0.846. The Kier molecular flexibility index (Phi) is 3.84. The molecule has 1 aliphatic rings. The lowest BCUT2D eigenvalue weighted by Crippen LogP contribution is -2.12. The Morgan fingerprint density at radius 1 is 1.38 bits per heavy atom. The van der Waals surface area contributed by atoms with Crippen LogP contribution in [0.2, 0.25) is 0 Å². The van der Waals surface area contributed by atoms with Crippen molar-refractivity contribution in [2.45, 2.75) is 39.3 Å². The fourth-order valence-electron chi connectivity index (χ4n) is 1.25. The first-order valence-corrected chi connectivity index (χ1v) is 4.81. The number of rotatable bonds is 0. The fraction of sp³-hybridized carbons (Fsp3) is 0.667. The van der Waals surface area contributed by atoms with E-state index >= 15 is 0 Å². The van der Waals surface area contributed by atoms with Crippen molar-refractivity contribution in [2.24, 2.45) is 11.8 Å². The van der Waals surface area contributed by atoms with Crippen molar-refractivity contribution >= 4 is 0 Å². The SMILES string of the molecule is CC(C)C#C[C@H]1CCC#CCC1F. The van der Waals surface area contributed by atoms with Gasteiger partial charge in [0.1, 0.15) is 6.17 Å². The van der Waals surface area contributed by atoms with Crippen LogP contribution in [0.1, 0.15) is 33.1 Å². The highest BCUT2D eigenvalue weighted by Crippen LogP contribution is 2.18. The molecule has 0 nitrogen and oxygen atoms in total. The van der Waals surface area contributed by atoms with E-state index < -0.39 is 6.17 Å². The number of hydrogen-bond acceptors (Lipinski definition) is 0. The molecule has 0 bridgehead atoms. The molecule has 0 heterocycles. The van der Waals surface area contributed by atoms with E-state index in [0.29, 0.717) is 12.3 Å². The maximum atomic E-state index is 13.4. The van der Waals surface area contributed by atoms with E-state index in [1.54, 1.807) is 0 Å². The molecule has 13 heavy (non-hydrogen) atoms. The highest BCUT2D eigenvalue weighted by molar-refractivity contribution is 5.13. The van der Waals surface area contributed by atoms with Gasteiger partial charge >= 0.3 is 0 Å². The van der Waals surface area contributed by atoms with Crippen LogP contribution in [-0.2, 0) is 0 Å². The Morgan fingerprint density at radius 3 is 2.85 bits per heavy atom. The van der Waals surface area contributed by atoms with Gasteiger partial charge in [-0.25, -0.2) is 4.39 Å². The van der Waals surface area contributed by atoms with E-state index in [-0.39, 0.29) is 5.92 Å². The van der Waals surface area contributed by atoms with Gasteiger partial charge in [0.15, 0.2) is 0 Å². The quantitative estimate of drug-likeness (QED) is 0.500. The number of hydrogen-bond donors (Lipinski definition) is 0. The zero-order valence-corrected chi connectivity index (χ0v) is 8.23. The van der Waals surface area contributed by atoms with Crippen molar-refractivity contribution in [3.8, 4) is 23.7 Å². The van der Waals surface area contributed by atoms with Crippen LogP contribution in [0.25, 0.3) is 0 Å². The summed E-state index contributed by atoms with van der Waals surface area (Å²) in [6.07, 6.45) is 1.09. The normalized spacial score (nSPS) is 26.8. The van der Waals surface area contributed by atoms with Gasteiger partial charge in [-0.05, 0) is 6.42 Å². The average Bonchev–Trinajstić information content (AvgIpc) is 2.27. The Balaban J connectivity index is 2.55. The maximum absolute atomic E-state index is 13.4. The van der Waals surface area contributed by atoms with Gasteiger partial charge in [0, 0.05) is 18.8 Å². The highest BCUT2D eigenvalue weighted by atomic mass is 19.1. The van der Waals surface area contributed by atoms with Crippen molar-refractivity contribution in [2.75, 3.05) is 0 Å². The van der Waals surface area contributed by atoms with Crippen LogP contribution >= 0.6 is 0 Å². The first-order chi connectivity index (χ1) is 6.20. The van der Waals surface area contributed by atoms with Gasteiger partial charge in [0.05, 0.1) is 5.92 Å². The zero-order chi connectivity index (χ0) is 9.68. The molecule has 0 radical (unpaired) electrons. The van der Waals surface area contributed by atoms with Gasteiger partial charge in [-0.3, -0.25) is 0 Å². The lowest BCUT2D eigenvalue weighted by atomic mass is 9.98. The van der Waals surface area contributed by atoms with E-state index in [1.165, 1.54) is 0 Å². The molecule has 0 saturated heterocycles. The molecule has 1 heteroatoms. The molecule has 0 saturated carbocycles. The molecular weight excluding hydrogens is 163 g/mol. The Bertz CT molecular complexity index is 269. The molecule has 0 fully saturated rings. The molecule has 1 aliphatic carbocycles. The summed E-state index contributed by atoms with van der Waals surface area (Å²) in [5.41, 5.74) is 0. The number of halogens is 1. The van der Waals surface area contributed by atoms with Crippen molar-refractivity contribution in [3.63, 3.8) is 0 Å². The Labute approximate surface area is 79.9 Å². The van der Waals surface area contributed by atoms with Crippen molar-refractivity contribution in [3.05, 3.63) is 0 Å². The van der Waals surface area contributed by atoms with Gasteiger partial charge in [-0.15, -0.1) is 17.8 Å². The zero-order valence-electron chi connectivity index (χ0n) is 8.23. The molecular formula is C12H15F. The molecule has 0 amide bonds. The summed E-state index contributed by atoms with van der Waals surface area (Å²) >= 11 is 0. The monoisotopic (exact) mass is 178 g/mol. The third-order valence-electron chi connectivity index (χ3n) is 2.00. The number of alkyl halides is 1. The van der Waals surface area contributed by atoms with Crippen molar-refractivity contribution < 1.29 is 4.39 Å². The van der Waals surface area contributed by atoms with Gasteiger partial charge in [0.2, 0.25) is 0 Å². The van der Waals surface area contributed by atoms with E-state index in [0.717, 1.165) is 12.8 Å². The average molecular weight is 178 g/mol. The van der Waals surface area contributed by atoms with Crippen molar-refractivity contribution in [1.29, 1.82) is 0 Å². The largest absolute Gasteiger partial charge is 0.245 e. The van der Waals surface area contributed by atoms with Gasteiger partial charge in [-0.2, -0.15) is 0 Å². The maximum Gasteiger partial charge on any atom is 0.125 e. The van der Waals surface area contributed by atoms with E-state index in [4.69, 9.17) is 0 Å². The molecule has 0 spiro atoms. The highest BCUT2D eigenvalue weighted by Gasteiger charge is 2.18. The van der Waals surface area contributed by atoms with E-state index in [1.807, 2.05) is 13.8 Å². The van der Waals surface area contributed by atoms with E-state index in [2.05, 4.69) is 23.7 Å². The van der Waals surface area contributed by atoms with Crippen LogP contribution in [-0.4, -0.2) is 6.17 Å². The van der Waals surface area contributed by atoms with Crippen LogP contribution in [0, 0.1) is 35.5 Å².